The molecule has 8 nitrogen and oxygen atoms in total. The van der Waals surface area contributed by atoms with E-state index in [0.29, 0.717) is 13.0 Å². The van der Waals surface area contributed by atoms with Gasteiger partial charge in [0.1, 0.15) is 0 Å². The second-order valence-corrected chi connectivity index (χ2v) is 4.22. The normalized spacial score (nSPS) is 18.4. The van der Waals surface area contributed by atoms with Crippen LogP contribution in [-0.4, -0.2) is 41.2 Å². The molecule has 1 fully saturated rings. The molecule has 1 N–H and O–H groups in total. The number of pyridine rings is 1. The minimum absolute atomic E-state index is 0.146. The van der Waals surface area contributed by atoms with Crippen LogP contribution in [0.2, 0.25) is 0 Å². The van der Waals surface area contributed by atoms with E-state index in [9.17, 15) is 14.9 Å². The van der Waals surface area contributed by atoms with Crippen molar-refractivity contribution < 1.29 is 19.6 Å². The van der Waals surface area contributed by atoms with Gasteiger partial charge >= 0.3 is 11.7 Å². The Morgan fingerprint density at radius 1 is 1.63 bits per heavy atom. The molecule has 0 bridgehead atoms. The molecule has 0 aliphatic carbocycles. The van der Waals surface area contributed by atoms with Crippen molar-refractivity contribution in [1.29, 1.82) is 0 Å². The van der Waals surface area contributed by atoms with Gasteiger partial charge in [-0.1, -0.05) is 0 Å². The van der Waals surface area contributed by atoms with Crippen LogP contribution in [0.1, 0.15) is 6.42 Å². The Balaban J connectivity index is 2.32. The molecular weight excluding hydrogens is 254 g/mol. The van der Waals surface area contributed by atoms with Gasteiger partial charge in [-0.15, -0.1) is 0 Å². The number of carboxylic acids is 1. The zero-order valence-corrected chi connectivity index (χ0v) is 10.3. The number of aliphatic carboxylic acids is 1. The van der Waals surface area contributed by atoms with Crippen molar-refractivity contribution in [2.45, 2.75) is 6.42 Å². The maximum atomic E-state index is 11.0. The molecule has 19 heavy (non-hydrogen) atoms. The van der Waals surface area contributed by atoms with E-state index in [-0.39, 0.29) is 23.9 Å². The lowest BCUT2D eigenvalue weighted by molar-refractivity contribution is -0.384. The number of carboxylic acid groups (broad SMARTS) is 1. The fourth-order valence-electron chi connectivity index (χ4n) is 2.07. The summed E-state index contributed by atoms with van der Waals surface area (Å²) in [6.07, 6.45) is 0.450. The van der Waals surface area contributed by atoms with E-state index in [1.54, 1.807) is 4.90 Å². The van der Waals surface area contributed by atoms with Crippen molar-refractivity contribution in [1.82, 2.24) is 4.98 Å². The first-order chi connectivity index (χ1) is 9.02. The maximum absolute atomic E-state index is 11.0. The third-order valence-electron chi connectivity index (χ3n) is 3.07. The summed E-state index contributed by atoms with van der Waals surface area (Å²) in [5.74, 6) is -0.992. The van der Waals surface area contributed by atoms with Crippen LogP contribution in [0.5, 0.6) is 5.88 Å². The Labute approximate surface area is 108 Å². The Bertz CT molecular complexity index is 519. The molecule has 0 aromatic carbocycles. The molecule has 0 radical (unpaired) electrons. The number of nitrogens with zero attached hydrogens (tertiary/aromatic N) is 3. The van der Waals surface area contributed by atoms with Crippen LogP contribution in [0.4, 0.5) is 11.5 Å². The molecule has 1 saturated heterocycles. The van der Waals surface area contributed by atoms with Gasteiger partial charge in [0.05, 0.1) is 18.0 Å². The van der Waals surface area contributed by atoms with Crippen molar-refractivity contribution in [3.63, 3.8) is 0 Å². The number of ether oxygens (including phenoxy) is 1. The number of nitro groups is 1. The van der Waals surface area contributed by atoms with E-state index in [0.717, 1.165) is 0 Å². The summed E-state index contributed by atoms with van der Waals surface area (Å²) >= 11 is 0. The fraction of sp³-hybridized carbons (Fsp3) is 0.455. The van der Waals surface area contributed by atoms with Crippen LogP contribution >= 0.6 is 0 Å². The monoisotopic (exact) mass is 267 g/mol. The van der Waals surface area contributed by atoms with Crippen LogP contribution in [0.25, 0.3) is 0 Å². The number of aromatic nitrogens is 1. The van der Waals surface area contributed by atoms with Gasteiger partial charge in [0.25, 0.3) is 0 Å². The number of anilines is 1. The van der Waals surface area contributed by atoms with Crippen LogP contribution in [0.15, 0.2) is 12.1 Å². The molecule has 0 spiro atoms. The van der Waals surface area contributed by atoms with Crippen molar-refractivity contribution in [2.75, 3.05) is 25.1 Å². The Kier molecular flexibility index (Phi) is 3.50. The van der Waals surface area contributed by atoms with Crippen molar-refractivity contribution in [2.24, 2.45) is 5.92 Å². The Morgan fingerprint density at radius 2 is 2.37 bits per heavy atom. The molecule has 0 saturated carbocycles. The summed E-state index contributed by atoms with van der Waals surface area (Å²) in [6.45, 7) is 0.647. The molecule has 102 valence electrons. The van der Waals surface area contributed by atoms with Crippen LogP contribution < -0.4 is 9.64 Å². The number of carbonyl (C=O) groups is 1. The smallest absolute Gasteiger partial charge is 0.311 e. The average Bonchev–Trinajstić information content (AvgIpc) is 2.87. The standard InChI is InChI=1S/C11H13N3O5/c1-19-9-3-2-8(14(17)18)10(12-9)13-5-4-7(6-13)11(15)16/h2-3,7H,4-6H2,1H3,(H,15,16). The largest absolute Gasteiger partial charge is 0.481 e. The number of hydrogen-bond donors (Lipinski definition) is 1. The van der Waals surface area contributed by atoms with Crippen LogP contribution in [0, 0.1) is 16.0 Å². The highest BCUT2D eigenvalue weighted by Gasteiger charge is 2.32. The fourth-order valence-corrected chi connectivity index (χ4v) is 2.07. The van der Waals surface area contributed by atoms with E-state index in [1.807, 2.05) is 0 Å². The summed E-state index contributed by atoms with van der Waals surface area (Å²) in [5.41, 5.74) is -0.146. The summed E-state index contributed by atoms with van der Waals surface area (Å²) in [6, 6.07) is 2.72. The molecule has 2 rings (SSSR count). The third kappa shape index (κ3) is 2.56. The maximum Gasteiger partial charge on any atom is 0.311 e. The van der Waals surface area contributed by atoms with E-state index >= 15 is 0 Å². The topological polar surface area (TPSA) is 106 Å². The molecule has 1 aromatic rings. The van der Waals surface area contributed by atoms with E-state index in [4.69, 9.17) is 9.84 Å². The van der Waals surface area contributed by atoms with Crippen LogP contribution in [-0.2, 0) is 4.79 Å². The Hall–Kier alpha value is -2.38. The third-order valence-corrected chi connectivity index (χ3v) is 3.07. The van der Waals surface area contributed by atoms with Gasteiger partial charge in [-0.3, -0.25) is 14.9 Å². The zero-order chi connectivity index (χ0) is 14.0. The minimum atomic E-state index is -0.895. The first kappa shape index (κ1) is 13.1. The van der Waals surface area contributed by atoms with E-state index in [1.165, 1.54) is 19.2 Å². The summed E-state index contributed by atoms with van der Waals surface area (Å²) < 4.78 is 4.95. The lowest BCUT2D eigenvalue weighted by Gasteiger charge is -2.17. The summed E-state index contributed by atoms with van der Waals surface area (Å²) in [7, 11) is 1.42. The predicted octanol–water partition coefficient (Wildman–Crippen LogP) is 0.909. The summed E-state index contributed by atoms with van der Waals surface area (Å²) in [5, 5.41) is 19.9. The van der Waals surface area contributed by atoms with Crippen molar-refractivity contribution >= 4 is 17.5 Å². The first-order valence-electron chi connectivity index (χ1n) is 5.70. The highest BCUT2D eigenvalue weighted by Crippen LogP contribution is 2.32. The number of methoxy groups -OCH3 is 1. The minimum Gasteiger partial charge on any atom is -0.481 e. The lowest BCUT2D eigenvalue weighted by atomic mass is 10.1. The van der Waals surface area contributed by atoms with Gasteiger partial charge in [-0.05, 0) is 6.42 Å². The van der Waals surface area contributed by atoms with Crippen molar-refractivity contribution in [3.8, 4) is 5.88 Å². The second-order valence-electron chi connectivity index (χ2n) is 4.22. The van der Waals surface area contributed by atoms with E-state index in [2.05, 4.69) is 4.98 Å². The lowest BCUT2D eigenvalue weighted by Crippen LogP contribution is -2.24. The predicted molar refractivity (Wildman–Crippen MR) is 65.4 cm³/mol. The summed E-state index contributed by atoms with van der Waals surface area (Å²) in [4.78, 5) is 27.0. The molecule has 1 aliphatic rings. The quantitative estimate of drug-likeness (QED) is 0.638. The highest BCUT2D eigenvalue weighted by molar-refractivity contribution is 5.72. The molecule has 0 amide bonds. The van der Waals surface area contributed by atoms with Gasteiger partial charge < -0.3 is 14.7 Å². The molecule has 1 unspecified atom stereocenters. The SMILES string of the molecule is COc1ccc([N+](=O)[O-])c(N2CCC(C(=O)O)C2)n1. The second kappa shape index (κ2) is 5.09. The number of rotatable bonds is 4. The molecule has 1 atom stereocenters. The van der Waals surface area contributed by atoms with Gasteiger partial charge in [0.2, 0.25) is 11.7 Å². The molecular formula is C11H13N3O5. The van der Waals surface area contributed by atoms with Crippen molar-refractivity contribution in [3.05, 3.63) is 22.2 Å². The van der Waals surface area contributed by atoms with Gasteiger partial charge in [-0.25, -0.2) is 0 Å². The average molecular weight is 267 g/mol. The zero-order valence-electron chi connectivity index (χ0n) is 10.3. The molecule has 8 heteroatoms. The first-order valence-corrected chi connectivity index (χ1v) is 5.70. The van der Waals surface area contributed by atoms with Gasteiger partial charge in [-0.2, -0.15) is 4.98 Å². The van der Waals surface area contributed by atoms with E-state index < -0.39 is 16.8 Å². The van der Waals surface area contributed by atoms with Crippen LogP contribution in [0.3, 0.4) is 0 Å². The van der Waals surface area contributed by atoms with Gasteiger partial charge in [0, 0.05) is 25.2 Å². The highest BCUT2D eigenvalue weighted by atomic mass is 16.6. The molecule has 1 aliphatic heterocycles. The molecule has 1 aromatic heterocycles. The Morgan fingerprint density at radius 3 is 2.89 bits per heavy atom. The molecule has 2 heterocycles. The van der Waals surface area contributed by atoms with Gasteiger partial charge in [0.15, 0.2) is 0 Å². The number of hydrogen-bond acceptors (Lipinski definition) is 6.